The van der Waals surface area contributed by atoms with Gasteiger partial charge in [0.25, 0.3) is 10.0 Å². The van der Waals surface area contributed by atoms with Gasteiger partial charge in [-0.3, -0.25) is 9.10 Å². The van der Waals surface area contributed by atoms with Crippen LogP contribution in [0.3, 0.4) is 0 Å². The monoisotopic (exact) mass is 483 g/mol. The molecular formula is C28H25N3O3S. The van der Waals surface area contributed by atoms with E-state index in [0.717, 1.165) is 39.3 Å². The second-order valence-corrected chi connectivity index (χ2v) is 10.7. The number of rotatable bonds is 6. The molecule has 0 bridgehead atoms. The Labute approximate surface area is 203 Å². The van der Waals surface area contributed by atoms with Gasteiger partial charge in [-0.15, -0.1) is 0 Å². The zero-order chi connectivity index (χ0) is 24.2. The lowest BCUT2D eigenvalue weighted by Crippen LogP contribution is -2.28. The summed E-state index contributed by atoms with van der Waals surface area (Å²) in [5.41, 5.74) is 3.75. The standard InChI is InChI=1S/C28H25N3O3S/c1-2-30-23-11-4-3-10-21(23)22-18-20(15-16-24(22)30)29-27(32)14-7-17-31-25-12-5-8-19-9-6-13-26(28(19)25)35(31,33)34/h3-6,8-13,15-16,18H,2,7,14,17H2,1H3,(H,29,32). The van der Waals surface area contributed by atoms with Crippen LogP contribution in [-0.2, 0) is 21.4 Å². The first-order valence-electron chi connectivity index (χ1n) is 11.8. The molecule has 0 radical (unpaired) electrons. The van der Waals surface area contributed by atoms with Crippen molar-refractivity contribution >= 4 is 59.9 Å². The van der Waals surface area contributed by atoms with Crippen LogP contribution in [0, 0.1) is 0 Å². The number of amides is 1. The maximum atomic E-state index is 13.1. The molecule has 1 aromatic heterocycles. The molecule has 1 aliphatic rings. The van der Waals surface area contributed by atoms with Crippen LogP contribution >= 0.6 is 0 Å². The maximum absolute atomic E-state index is 13.1. The first-order valence-corrected chi connectivity index (χ1v) is 13.3. The lowest BCUT2D eigenvalue weighted by atomic mass is 10.1. The molecule has 0 unspecified atom stereocenters. The van der Waals surface area contributed by atoms with E-state index >= 15 is 0 Å². The number of hydrogen-bond donors (Lipinski definition) is 1. The SMILES string of the molecule is CCn1c2ccccc2c2cc(NC(=O)CCCN3c4cccc5cccc(c45)S3(=O)=O)ccc21. The number of fused-ring (bicyclic) bond motifs is 3. The van der Waals surface area contributed by atoms with Crippen molar-refractivity contribution in [1.82, 2.24) is 4.57 Å². The number of para-hydroxylation sites is 1. The summed E-state index contributed by atoms with van der Waals surface area (Å²) in [6, 6.07) is 25.2. The number of benzene rings is 4. The van der Waals surface area contributed by atoms with Crippen LogP contribution in [-0.4, -0.2) is 25.4 Å². The molecule has 6 nitrogen and oxygen atoms in total. The molecule has 0 atom stereocenters. The number of nitrogens with zero attached hydrogens (tertiary/aromatic N) is 2. The van der Waals surface area contributed by atoms with Gasteiger partial charge in [-0.05, 0) is 55.1 Å². The van der Waals surface area contributed by atoms with Crippen LogP contribution < -0.4 is 9.62 Å². The highest BCUT2D eigenvalue weighted by Gasteiger charge is 2.35. The van der Waals surface area contributed by atoms with Crippen LogP contribution in [0.25, 0.3) is 32.6 Å². The molecule has 2 heterocycles. The molecule has 0 spiro atoms. The maximum Gasteiger partial charge on any atom is 0.265 e. The molecule has 1 amide bonds. The second-order valence-electron chi connectivity index (χ2n) is 8.85. The number of carbonyl (C=O) groups excluding carboxylic acids is 1. The van der Waals surface area contributed by atoms with Crippen LogP contribution in [0.15, 0.2) is 83.8 Å². The van der Waals surface area contributed by atoms with Gasteiger partial charge in [-0.2, -0.15) is 0 Å². The van der Waals surface area contributed by atoms with E-state index in [0.29, 0.717) is 17.0 Å². The number of nitrogens with one attached hydrogen (secondary N) is 1. The van der Waals surface area contributed by atoms with E-state index in [1.807, 2.05) is 54.6 Å². The molecule has 7 heteroatoms. The van der Waals surface area contributed by atoms with E-state index in [-0.39, 0.29) is 18.9 Å². The Balaban J connectivity index is 1.18. The smallest absolute Gasteiger partial charge is 0.265 e. The topological polar surface area (TPSA) is 71.4 Å². The van der Waals surface area contributed by atoms with Crippen LogP contribution in [0.1, 0.15) is 19.8 Å². The summed E-state index contributed by atoms with van der Waals surface area (Å²) in [5.74, 6) is -0.129. The predicted octanol–water partition coefficient (Wildman–Crippen LogP) is 5.90. The highest BCUT2D eigenvalue weighted by atomic mass is 32.2. The van der Waals surface area contributed by atoms with Crippen molar-refractivity contribution in [1.29, 1.82) is 0 Å². The average Bonchev–Trinajstić information content (AvgIpc) is 3.29. The number of carbonyl (C=O) groups is 1. The minimum absolute atomic E-state index is 0.129. The Morgan fingerprint density at radius 2 is 1.66 bits per heavy atom. The van der Waals surface area contributed by atoms with Crippen molar-refractivity contribution < 1.29 is 13.2 Å². The van der Waals surface area contributed by atoms with Crippen LogP contribution in [0.5, 0.6) is 0 Å². The summed E-state index contributed by atoms with van der Waals surface area (Å²) in [4.78, 5) is 13.1. The van der Waals surface area contributed by atoms with Crippen molar-refractivity contribution in [3.05, 3.63) is 78.9 Å². The fourth-order valence-corrected chi connectivity index (χ4v) is 7.03. The normalized spacial score (nSPS) is 14.3. The van der Waals surface area contributed by atoms with Gasteiger partial charge >= 0.3 is 0 Å². The van der Waals surface area contributed by atoms with E-state index in [1.54, 1.807) is 12.1 Å². The van der Waals surface area contributed by atoms with Gasteiger partial charge in [0, 0.05) is 52.4 Å². The van der Waals surface area contributed by atoms with Crippen molar-refractivity contribution in [2.75, 3.05) is 16.2 Å². The summed E-state index contributed by atoms with van der Waals surface area (Å²) in [6.45, 7) is 3.25. The van der Waals surface area contributed by atoms with Gasteiger partial charge < -0.3 is 9.88 Å². The Hall–Kier alpha value is -3.84. The van der Waals surface area contributed by atoms with E-state index in [9.17, 15) is 13.2 Å². The number of hydrogen-bond acceptors (Lipinski definition) is 3. The van der Waals surface area contributed by atoms with Crippen molar-refractivity contribution in [2.24, 2.45) is 0 Å². The van der Waals surface area contributed by atoms with Crippen LogP contribution in [0.2, 0.25) is 0 Å². The molecule has 35 heavy (non-hydrogen) atoms. The minimum atomic E-state index is -3.60. The van der Waals surface area contributed by atoms with Gasteiger partial charge in [0.05, 0.1) is 10.6 Å². The third kappa shape index (κ3) is 3.38. The summed E-state index contributed by atoms with van der Waals surface area (Å²) in [6.07, 6.45) is 0.653. The minimum Gasteiger partial charge on any atom is -0.341 e. The lowest BCUT2D eigenvalue weighted by Gasteiger charge is -2.18. The molecule has 0 saturated carbocycles. The molecule has 5 aromatic rings. The van der Waals surface area contributed by atoms with E-state index in [1.165, 1.54) is 9.82 Å². The van der Waals surface area contributed by atoms with Crippen LogP contribution in [0.4, 0.5) is 11.4 Å². The first-order chi connectivity index (χ1) is 17.0. The molecule has 0 fully saturated rings. The molecule has 0 saturated heterocycles. The predicted molar refractivity (Wildman–Crippen MR) is 141 cm³/mol. The van der Waals surface area contributed by atoms with Gasteiger partial charge in [0.2, 0.25) is 5.91 Å². The number of aryl methyl sites for hydroxylation is 1. The highest BCUT2D eigenvalue weighted by molar-refractivity contribution is 7.93. The van der Waals surface area contributed by atoms with E-state index in [4.69, 9.17) is 0 Å². The Kier molecular flexibility index (Phi) is 5.04. The van der Waals surface area contributed by atoms with Gasteiger partial charge in [0.15, 0.2) is 0 Å². The van der Waals surface area contributed by atoms with Crippen molar-refractivity contribution in [2.45, 2.75) is 31.2 Å². The number of anilines is 2. The average molecular weight is 484 g/mol. The third-order valence-electron chi connectivity index (χ3n) is 6.82. The molecule has 176 valence electrons. The fraction of sp³-hybridized carbons (Fsp3) is 0.179. The van der Waals surface area contributed by atoms with E-state index in [2.05, 4.69) is 28.9 Å². The quantitative estimate of drug-likeness (QED) is 0.327. The first kappa shape index (κ1) is 21.7. The summed E-state index contributed by atoms with van der Waals surface area (Å²) >= 11 is 0. The number of aromatic nitrogens is 1. The summed E-state index contributed by atoms with van der Waals surface area (Å²) in [7, 11) is -3.60. The van der Waals surface area contributed by atoms with Gasteiger partial charge in [-0.25, -0.2) is 8.42 Å². The van der Waals surface area contributed by atoms with Gasteiger partial charge in [-0.1, -0.05) is 42.5 Å². The highest BCUT2D eigenvalue weighted by Crippen LogP contribution is 2.42. The largest absolute Gasteiger partial charge is 0.341 e. The fourth-order valence-electron chi connectivity index (χ4n) is 5.28. The zero-order valence-electron chi connectivity index (χ0n) is 19.4. The second kappa shape index (κ2) is 8.13. The molecule has 4 aromatic carbocycles. The molecule has 1 aliphatic heterocycles. The lowest BCUT2D eigenvalue weighted by molar-refractivity contribution is -0.116. The Morgan fingerprint density at radius 3 is 2.49 bits per heavy atom. The van der Waals surface area contributed by atoms with Gasteiger partial charge in [0.1, 0.15) is 0 Å². The molecule has 0 aliphatic carbocycles. The molecule has 6 rings (SSSR count). The number of sulfonamides is 1. The summed E-state index contributed by atoms with van der Waals surface area (Å²) < 4.78 is 29.9. The van der Waals surface area contributed by atoms with Crippen molar-refractivity contribution in [3.8, 4) is 0 Å². The molecular weight excluding hydrogens is 458 g/mol. The summed E-state index contributed by atoms with van der Waals surface area (Å²) in [5, 5.41) is 6.93. The van der Waals surface area contributed by atoms with Crippen molar-refractivity contribution in [3.63, 3.8) is 0 Å². The molecule has 1 N–H and O–H groups in total. The Morgan fingerprint density at radius 1 is 0.886 bits per heavy atom. The zero-order valence-corrected chi connectivity index (χ0v) is 20.2. The third-order valence-corrected chi connectivity index (χ3v) is 8.67. The van der Waals surface area contributed by atoms with E-state index < -0.39 is 10.0 Å². The Bertz CT molecular complexity index is 1730.